The van der Waals surface area contributed by atoms with Gasteiger partial charge in [-0.2, -0.15) is 4.31 Å². The molecule has 2 aliphatic rings. The minimum atomic E-state index is -3.19. The molecule has 0 saturated carbocycles. The maximum atomic E-state index is 12.9. The molecule has 0 aromatic heterocycles. The number of sulfonamides is 1. The van der Waals surface area contributed by atoms with E-state index in [-0.39, 0.29) is 16.7 Å². The molecule has 2 fully saturated rings. The number of hydrogen-bond acceptors (Lipinski definition) is 5. The van der Waals surface area contributed by atoms with Gasteiger partial charge in [-0.1, -0.05) is 51.1 Å². The molecule has 2 amide bonds. The lowest BCUT2D eigenvalue weighted by Crippen LogP contribution is -2.49. The zero-order valence-electron chi connectivity index (χ0n) is 22.3. The third-order valence-corrected chi connectivity index (χ3v) is 8.63. The molecule has 35 heavy (non-hydrogen) atoms. The molecule has 2 saturated heterocycles. The van der Waals surface area contributed by atoms with Gasteiger partial charge in [0.2, 0.25) is 10.0 Å². The van der Waals surface area contributed by atoms with Gasteiger partial charge in [-0.3, -0.25) is 19.7 Å². The predicted molar refractivity (Wildman–Crippen MR) is 142 cm³/mol. The number of urea groups is 1. The van der Waals surface area contributed by atoms with Crippen molar-refractivity contribution in [1.29, 1.82) is 0 Å². The summed E-state index contributed by atoms with van der Waals surface area (Å²) in [5.74, 6) is 0.703. The van der Waals surface area contributed by atoms with Crippen LogP contribution in [0.1, 0.15) is 52.7 Å². The molecule has 0 N–H and O–H groups in total. The van der Waals surface area contributed by atoms with Crippen LogP contribution in [0.15, 0.2) is 41.0 Å². The average Bonchev–Trinajstić information content (AvgIpc) is 3.00. The van der Waals surface area contributed by atoms with E-state index in [4.69, 9.17) is 4.99 Å². The van der Waals surface area contributed by atoms with Gasteiger partial charge in [-0.15, -0.1) is 0 Å². The molecule has 1 aromatic carbocycles. The summed E-state index contributed by atoms with van der Waals surface area (Å²) in [6.45, 7) is 16.2. The first kappa shape index (κ1) is 27.4. The number of carbonyl (C=O) groups is 1. The number of nitrogens with zero attached hydrogens (tertiary/aromatic N) is 5. The molecule has 0 spiro atoms. The lowest BCUT2D eigenvalue weighted by molar-refractivity contribution is 0.181. The molecule has 0 radical (unpaired) electrons. The fourth-order valence-corrected chi connectivity index (χ4v) is 5.73. The van der Waals surface area contributed by atoms with Gasteiger partial charge >= 0.3 is 6.03 Å². The molecule has 0 bridgehead atoms. The van der Waals surface area contributed by atoms with E-state index in [9.17, 15) is 13.2 Å². The predicted octanol–water partition coefficient (Wildman–Crippen LogP) is 3.76. The molecule has 8 nitrogen and oxygen atoms in total. The fraction of sp³-hybridized carbons (Fsp3) is 0.615. The summed E-state index contributed by atoms with van der Waals surface area (Å²) < 4.78 is 26.4. The number of piperazine rings is 1. The Morgan fingerprint density at radius 3 is 2.29 bits per heavy atom. The molecular formula is C26H41N5O3S. The molecule has 3 rings (SSSR count). The topological polar surface area (TPSA) is 76.5 Å². The van der Waals surface area contributed by atoms with Crippen molar-refractivity contribution in [2.45, 2.75) is 59.9 Å². The van der Waals surface area contributed by atoms with Crippen LogP contribution >= 0.6 is 0 Å². The van der Waals surface area contributed by atoms with Crippen LogP contribution in [0.3, 0.4) is 0 Å². The van der Waals surface area contributed by atoms with Crippen molar-refractivity contribution >= 4 is 21.9 Å². The Hall–Kier alpha value is -2.23. The van der Waals surface area contributed by atoms with E-state index in [1.54, 1.807) is 30.1 Å². The number of amides is 2. The highest BCUT2D eigenvalue weighted by Crippen LogP contribution is 2.27. The van der Waals surface area contributed by atoms with Gasteiger partial charge in [0.25, 0.3) is 0 Å². The second kappa shape index (κ2) is 10.8. The van der Waals surface area contributed by atoms with E-state index >= 15 is 0 Å². The smallest absolute Gasteiger partial charge is 0.296 e. The Morgan fingerprint density at radius 2 is 1.71 bits per heavy atom. The van der Waals surface area contributed by atoms with Crippen LogP contribution in [-0.4, -0.2) is 84.3 Å². The minimum absolute atomic E-state index is 0.0149. The van der Waals surface area contributed by atoms with E-state index in [1.807, 2.05) is 24.0 Å². The number of allylic oxidation sites excluding steroid dienone is 1. The maximum absolute atomic E-state index is 12.9. The molecule has 9 heteroatoms. The average molecular weight is 504 g/mol. The molecule has 194 valence electrons. The first-order valence-electron chi connectivity index (χ1n) is 12.4. The third kappa shape index (κ3) is 6.51. The first-order valence-corrected chi connectivity index (χ1v) is 13.9. The van der Waals surface area contributed by atoms with Crippen molar-refractivity contribution in [3.63, 3.8) is 0 Å². The van der Waals surface area contributed by atoms with Crippen LogP contribution in [0.25, 0.3) is 0 Å². The van der Waals surface area contributed by atoms with E-state index in [0.717, 1.165) is 30.9 Å². The fourth-order valence-electron chi connectivity index (χ4n) is 4.46. The Morgan fingerprint density at radius 1 is 1.09 bits per heavy atom. The highest BCUT2D eigenvalue weighted by molar-refractivity contribution is 7.89. The summed E-state index contributed by atoms with van der Waals surface area (Å²) in [6, 6.07) is 8.30. The summed E-state index contributed by atoms with van der Waals surface area (Å²) in [4.78, 5) is 23.4. The van der Waals surface area contributed by atoms with Gasteiger partial charge in [0.1, 0.15) is 0 Å². The first-order chi connectivity index (χ1) is 16.3. The van der Waals surface area contributed by atoms with Crippen LogP contribution in [0.5, 0.6) is 0 Å². The summed E-state index contributed by atoms with van der Waals surface area (Å²) in [5, 5.41) is -0.384. The Bertz CT molecular complexity index is 1080. The van der Waals surface area contributed by atoms with E-state index < -0.39 is 10.0 Å². The van der Waals surface area contributed by atoms with Crippen molar-refractivity contribution in [2.75, 3.05) is 39.8 Å². The number of aliphatic imine (C=N–C) groups is 1. The van der Waals surface area contributed by atoms with Gasteiger partial charge in [-0.05, 0) is 37.3 Å². The number of amidine groups is 1. The third-order valence-electron chi connectivity index (χ3n) is 6.36. The van der Waals surface area contributed by atoms with Gasteiger partial charge in [-0.25, -0.2) is 13.2 Å². The standard InChI is InChI=1S/C26H41N5O3S/c1-8-23-24(28(7)25(32)31(23)19-26(4,5)6)27-17-21-10-9-11-22(16-21)18-29-12-14-30(15-13-29)35(33,34)20(2)3/h8-11,16,20H,12-15,17-19H2,1-7H3/b23-8+,27-24?. The van der Waals surface area contributed by atoms with E-state index in [0.29, 0.717) is 32.0 Å². The number of carbonyl (C=O) groups excluding carboxylic acids is 1. The van der Waals surface area contributed by atoms with Crippen molar-refractivity contribution in [2.24, 2.45) is 10.4 Å². The van der Waals surface area contributed by atoms with E-state index in [2.05, 4.69) is 43.9 Å². The normalized spacial score (nSPS) is 21.2. The van der Waals surface area contributed by atoms with Gasteiger partial charge in [0, 0.05) is 46.3 Å². The molecular weight excluding hydrogens is 462 g/mol. The summed E-state index contributed by atoms with van der Waals surface area (Å²) in [6.07, 6.45) is 1.96. The van der Waals surface area contributed by atoms with Crippen molar-refractivity contribution < 1.29 is 13.2 Å². The summed E-state index contributed by atoms with van der Waals surface area (Å²) >= 11 is 0. The molecule has 0 aliphatic carbocycles. The van der Waals surface area contributed by atoms with Crippen molar-refractivity contribution in [1.82, 2.24) is 19.0 Å². The lowest BCUT2D eigenvalue weighted by atomic mass is 9.96. The van der Waals surface area contributed by atoms with Crippen LogP contribution in [0.2, 0.25) is 0 Å². The molecule has 1 aromatic rings. The zero-order chi connectivity index (χ0) is 26.0. The number of hydrogen-bond donors (Lipinski definition) is 0. The van der Waals surface area contributed by atoms with Gasteiger partial charge < -0.3 is 0 Å². The lowest BCUT2D eigenvalue weighted by Gasteiger charge is -2.34. The second-order valence-electron chi connectivity index (χ2n) is 10.9. The van der Waals surface area contributed by atoms with E-state index in [1.165, 1.54) is 5.56 Å². The number of benzene rings is 1. The molecule has 2 aliphatic heterocycles. The van der Waals surface area contributed by atoms with Crippen LogP contribution in [-0.2, 0) is 23.1 Å². The molecule has 0 atom stereocenters. The second-order valence-corrected chi connectivity index (χ2v) is 13.4. The van der Waals surface area contributed by atoms with Gasteiger partial charge in [0.15, 0.2) is 5.84 Å². The SMILES string of the molecule is C/C=C1\C(=NCc2cccc(CN3CCN(S(=O)(=O)C(C)C)CC3)c2)N(C)C(=O)N1CC(C)(C)C. The molecule has 2 heterocycles. The monoisotopic (exact) mass is 503 g/mol. The zero-order valence-corrected chi connectivity index (χ0v) is 23.1. The number of likely N-dealkylation sites (N-methyl/N-ethyl adjacent to an activating group) is 1. The van der Waals surface area contributed by atoms with Gasteiger partial charge in [0.05, 0.1) is 17.5 Å². The van der Waals surface area contributed by atoms with Crippen LogP contribution in [0.4, 0.5) is 4.79 Å². The summed E-state index contributed by atoms with van der Waals surface area (Å²) in [7, 11) is -1.41. The largest absolute Gasteiger partial charge is 0.330 e. The van der Waals surface area contributed by atoms with Crippen molar-refractivity contribution in [3.8, 4) is 0 Å². The summed E-state index contributed by atoms with van der Waals surface area (Å²) in [5.41, 5.74) is 3.11. The highest BCUT2D eigenvalue weighted by atomic mass is 32.2. The van der Waals surface area contributed by atoms with Crippen molar-refractivity contribution in [3.05, 3.63) is 47.2 Å². The minimum Gasteiger partial charge on any atom is -0.296 e. The Kier molecular flexibility index (Phi) is 8.44. The Labute approximate surface area is 211 Å². The maximum Gasteiger partial charge on any atom is 0.330 e. The number of rotatable bonds is 7. The van der Waals surface area contributed by atoms with Crippen LogP contribution in [0, 0.1) is 5.41 Å². The molecule has 0 unspecified atom stereocenters. The quantitative estimate of drug-likeness (QED) is 0.568. The van der Waals surface area contributed by atoms with Crippen LogP contribution < -0.4 is 0 Å². The highest BCUT2D eigenvalue weighted by Gasteiger charge is 2.38. The Balaban J connectivity index is 1.65.